The number of rotatable bonds is 4. The summed E-state index contributed by atoms with van der Waals surface area (Å²) in [6.45, 7) is 1.81. The molecule has 0 unspecified atom stereocenters. The van der Waals surface area contributed by atoms with Crippen molar-refractivity contribution in [3.05, 3.63) is 94.7 Å². The Morgan fingerprint density at radius 1 is 1.04 bits per heavy atom. The van der Waals surface area contributed by atoms with Crippen LogP contribution >= 0.6 is 11.6 Å². The molecule has 1 aromatic carbocycles. The van der Waals surface area contributed by atoms with Gasteiger partial charge in [0, 0.05) is 24.3 Å². The molecule has 1 amide bonds. The Labute approximate surface area is 161 Å². The van der Waals surface area contributed by atoms with Crippen molar-refractivity contribution in [1.82, 2.24) is 14.4 Å². The van der Waals surface area contributed by atoms with Gasteiger partial charge in [-0.2, -0.15) is 0 Å². The molecule has 0 aliphatic rings. The number of amides is 1. The first kappa shape index (κ1) is 17.2. The smallest absolute Gasteiger partial charge is 0.274 e. The third kappa shape index (κ3) is 3.68. The molecule has 1 N–H and O–H groups in total. The molecule has 5 nitrogen and oxygen atoms in total. The van der Waals surface area contributed by atoms with Crippen molar-refractivity contribution < 1.29 is 4.79 Å². The highest BCUT2D eigenvalue weighted by molar-refractivity contribution is 6.30. The summed E-state index contributed by atoms with van der Waals surface area (Å²) in [6, 6.07) is 15.4. The predicted octanol–water partition coefficient (Wildman–Crippen LogP) is 4.53. The second kappa shape index (κ2) is 7.21. The minimum Gasteiger partial charge on any atom is -0.321 e. The minimum absolute atomic E-state index is 0.218. The van der Waals surface area contributed by atoms with Crippen molar-refractivity contribution in [2.45, 2.75) is 13.3 Å². The van der Waals surface area contributed by atoms with Crippen molar-refractivity contribution in [3.63, 3.8) is 0 Å². The number of imidazole rings is 1. The van der Waals surface area contributed by atoms with E-state index in [1.165, 1.54) is 5.56 Å². The second-order valence-corrected chi connectivity index (χ2v) is 6.74. The molecule has 4 rings (SSSR count). The lowest BCUT2D eigenvalue weighted by Crippen LogP contribution is -2.15. The van der Waals surface area contributed by atoms with E-state index in [4.69, 9.17) is 11.6 Å². The molecule has 0 atom stereocenters. The quantitative estimate of drug-likeness (QED) is 0.569. The highest BCUT2D eigenvalue weighted by Gasteiger charge is 2.17. The van der Waals surface area contributed by atoms with Gasteiger partial charge in [0.2, 0.25) is 0 Å². The first-order valence-electron chi connectivity index (χ1n) is 8.53. The zero-order valence-corrected chi connectivity index (χ0v) is 15.4. The Bertz CT molecular complexity index is 1100. The van der Waals surface area contributed by atoms with Gasteiger partial charge in [0.15, 0.2) is 0 Å². The molecule has 134 valence electrons. The van der Waals surface area contributed by atoms with Crippen molar-refractivity contribution in [3.8, 4) is 0 Å². The Balaban J connectivity index is 1.53. The largest absolute Gasteiger partial charge is 0.321 e. The van der Waals surface area contributed by atoms with Crippen LogP contribution in [0.3, 0.4) is 0 Å². The van der Waals surface area contributed by atoms with Crippen molar-refractivity contribution in [2.24, 2.45) is 0 Å². The Hall–Kier alpha value is -3.18. The molecule has 0 aliphatic heterocycles. The lowest BCUT2D eigenvalue weighted by atomic mass is 10.1. The van der Waals surface area contributed by atoms with Crippen molar-refractivity contribution in [1.29, 1.82) is 0 Å². The Morgan fingerprint density at radius 2 is 1.74 bits per heavy atom. The van der Waals surface area contributed by atoms with Gasteiger partial charge >= 0.3 is 0 Å². The number of aryl methyl sites for hydroxylation is 1. The van der Waals surface area contributed by atoms with E-state index in [1.807, 2.05) is 43.3 Å². The number of hydrogen-bond donors (Lipinski definition) is 1. The van der Waals surface area contributed by atoms with Crippen LogP contribution in [-0.2, 0) is 6.42 Å². The number of nitrogens with zero attached hydrogens (tertiary/aromatic N) is 3. The highest BCUT2D eigenvalue weighted by atomic mass is 35.5. The molecule has 0 spiro atoms. The monoisotopic (exact) mass is 376 g/mol. The molecule has 0 saturated heterocycles. The first-order chi connectivity index (χ1) is 13.1. The SMILES string of the molecule is Cc1nc2ccc(Cl)cn2c1C(=O)Nc1ccc(Cc2ccncc2)cc1. The molecule has 0 aliphatic carbocycles. The number of fused-ring (bicyclic) bond motifs is 1. The molecule has 3 heterocycles. The number of carbonyl (C=O) groups excluding carboxylic acids is 1. The summed E-state index contributed by atoms with van der Waals surface area (Å²) in [7, 11) is 0. The number of hydrogen-bond acceptors (Lipinski definition) is 3. The van der Waals surface area contributed by atoms with Crippen LogP contribution in [-0.4, -0.2) is 20.3 Å². The topological polar surface area (TPSA) is 59.3 Å². The van der Waals surface area contributed by atoms with E-state index >= 15 is 0 Å². The van der Waals surface area contributed by atoms with Gasteiger partial charge in [0.05, 0.1) is 10.7 Å². The number of halogens is 1. The van der Waals surface area contributed by atoms with Gasteiger partial charge in [0.25, 0.3) is 5.91 Å². The molecule has 4 aromatic rings. The van der Waals surface area contributed by atoms with Gasteiger partial charge in [0.1, 0.15) is 11.3 Å². The average molecular weight is 377 g/mol. The maximum atomic E-state index is 12.8. The molecule has 0 radical (unpaired) electrons. The van der Waals surface area contributed by atoms with E-state index < -0.39 is 0 Å². The zero-order chi connectivity index (χ0) is 18.8. The summed E-state index contributed by atoms with van der Waals surface area (Å²) in [5, 5.41) is 3.49. The first-order valence-corrected chi connectivity index (χ1v) is 8.91. The summed E-state index contributed by atoms with van der Waals surface area (Å²) in [5.41, 5.74) is 4.92. The van der Waals surface area contributed by atoms with Crippen LogP contribution in [0.4, 0.5) is 5.69 Å². The van der Waals surface area contributed by atoms with Crippen LogP contribution < -0.4 is 5.32 Å². The third-order valence-corrected chi connectivity index (χ3v) is 4.56. The molecule has 6 heteroatoms. The van der Waals surface area contributed by atoms with Gasteiger partial charge in [-0.3, -0.25) is 14.2 Å². The van der Waals surface area contributed by atoms with E-state index in [-0.39, 0.29) is 5.91 Å². The van der Waals surface area contributed by atoms with E-state index in [9.17, 15) is 4.79 Å². The van der Waals surface area contributed by atoms with Gasteiger partial charge in [-0.25, -0.2) is 4.98 Å². The summed E-state index contributed by atoms with van der Waals surface area (Å²) in [5.74, 6) is -0.218. The van der Waals surface area contributed by atoms with Crippen LogP contribution in [0.25, 0.3) is 5.65 Å². The maximum absolute atomic E-state index is 12.8. The molecular weight excluding hydrogens is 360 g/mol. The molecule has 0 saturated carbocycles. The maximum Gasteiger partial charge on any atom is 0.274 e. The van der Waals surface area contributed by atoms with Crippen molar-refractivity contribution in [2.75, 3.05) is 5.32 Å². The van der Waals surface area contributed by atoms with Crippen LogP contribution in [0.5, 0.6) is 0 Å². The van der Waals surface area contributed by atoms with Crippen LogP contribution in [0.15, 0.2) is 67.1 Å². The number of aromatic nitrogens is 3. The molecular formula is C21H17ClN4O. The van der Waals surface area contributed by atoms with E-state index in [0.29, 0.717) is 22.1 Å². The van der Waals surface area contributed by atoms with E-state index in [1.54, 1.807) is 35.1 Å². The predicted molar refractivity (Wildman–Crippen MR) is 106 cm³/mol. The Kier molecular flexibility index (Phi) is 4.60. The summed E-state index contributed by atoms with van der Waals surface area (Å²) in [4.78, 5) is 21.2. The number of anilines is 1. The zero-order valence-electron chi connectivity index (χ0n) is 14.7. The van der Waals surface area contributed by atoms with Crippen LogP contribution in [0.2, 0.25) is 5.02 Å². The average Bonchev–Trinajstić information content (AvgIpc) is 2.99. The lowest BCUT2D eigenvalue weighted by Gasteiger charge is -2.08. The molecule has 27 heavy (non-hydrogen) atoms. The second-order valence-electron chi connectivity index (χ2n) is 6.30. The fraction of sp³-hybridized carbons (Fsp3) is 0.0952. The van der Waals surface area contributed by atoms with Gasteiger partial charge in [-0.1, -0.05) is 23.7 Å². The number of nitrogens with one attached hydrogen (secondary N) is 1. The molecule has 0 fully saturated rings. The van der Waals surface area contributed by atoms with Crippen LogP contribution in [0.1, 0.15) is 27.3 Å². The molecule has 0 bridgehead atoms. The summed E-state index contributed by atoms with van der Waals surface area (Å²) < 4.78 is 1.71. The van der Waals surface area contributed by atoms with E-state index in [2.05, 4.69) is 15.3 Å². The minimum atomic E-state index is -0.218. The fourth-order valence-corrected chi connectivity index (χ4v) is 3.20. The lowest BCUT2D eigenvalue weighted by molar-refractivity contribution is 0.102. The standard InChI is InChI=1S/C21H17ClN4O/c1-14-20(26-13-17(22)4-7-19(26)24-14)21(27)25-18-5-2-15(3-6-18)12-16-8-10-23-11-9-16/h2-11,13H,12H2,1H3,(H,25,27). The number of pyridine rings is 2. The van der Waals surface area contributed by atoms with Crippen molar-refractivity contribution >= 4 is 28.8 Å². The molecule has 3 aromatic heterocycles. The van der Waals surface area contributed by atoms with Gasteiger partial charge < -0.3 is 5.32 Å². The number of benzene rings is 1. The third-order valence-electron chi connectivity index (χ3n) is 4.34. The summed E-state index contributed by atoms with van der Waals surface area (Å²) in [6.07, 6.45) is 6.09. The van der Waals surface area contributed by atoms with Gasteiger partial charge in [-0.05, 0) is 60.9 Å². The fourth-order valence-electron chi connectivity index (χ4n) is 3.04. The highest BCUT2D eigenvalue weighted by Crippen LogP contribution is 2.19. The Morgan fingerprint density at radius 3 is 2.48 bits per heavy atom. The van der Waals surface area contributed by atoms with Crippen LogP contribution in [0, 0.1) is 6.92 Å². The van der Waals surface area contributed by atoms with Gasteiger partial charge in [-0.15, -0.1) is 0 Å². The number of carbonyl (C=O) groups is 1. The summed E-state index contributed by atoms with van der Waals surface area (Å²) >= 11 is 6.06. The normalized spacial score (nSPS) is 10.9. The van der Waals surface area contributed by atoms with E-state index in [0.717, 1.165) is 17.7 Å².